The first-order valence-corrected chi connectivity index (χ1v) is 9.87. The van der Waals surface area contributed by atoms with Crippen LogP contribution in [0, 0.1) is 18.8 Å². The van der Waals surface area contributed by atoms with Crippen molar-refractivity contribution in [3.63, 3.8) is 0 Å². The maximum atomic E-state index is 12.8. The van der Waals surface area contributed by atoms with E-state index in [0.717, 1.165) is 38.3 Å². The van der Waals surface area contributed by atoms with Crippen LogP contribution in [0.3, 0.4) is 0 Å². The molecule has 2 fully saturated rings. The molecule has 164 valence electrons. The van der Waals surface area contributed by atoms with Gasteiger partial charge in [0.25, 0.3) is 5.91 Å². The number of likely N-dealkylation sites (N-methyl/N-ethyl adjacent to an activating group) is 1. The van der Waals surface area contributed by atoms with Crippen molar-refractivity contribution in [1.29, 1.82) is 0 Å². The molecule has 1 spiro atoms. The zero-order valence-corrected chi connectivity index (χ0v) is 17.2. The van der Waals surface area contributed by atoms with Gasteiger partial charge in [0.2, 0.25) is 0 Å². The molecule has 9 heteroatoms. The molecule has 3 aliphatic rings. The van der Waals surface area contributed by atoms with Crippen LogP contribution in [-0.4, -0.2) is 64.5 Å². The van der Waals surface area contributed by atoms with Gasteiger partial charge in [-0.05, 0) is 43.7 Å². The topological polar surface area (TPSA) is 73.2 Å². The summed E-state index contributed by atoms with van der Waals surface area (Å²) in [7, 11) is 1.86. The third kappa shape index (κ3) is 4.08. The number of halogens is 3. The molecule has 1 aromatic rings. The van der Waals surface area contributed by atoms with E-state index in [1.807, 2.05) is 14.0 Å². The Kier molecular flexibility index (Phi) is 5.95. The van der Waals surface area contributed by atoms with Crippen molar-refractivity contribution in [3.8, 4) is 0 Å². The number of rotatable bonds is 2. The average molecular weight is 425 g/mol. The number of carboxylic acid groups (broad SMARTS) is 1. The van der Waals surface area contributed by atoms with E-state index in [4.69, 9.17) is 14.9 Å². The van der Waals surface area contributed by atoms with Crippen LogP contribution >= 0.6 is 0 Å². The van der Waals surface area contributed by atoms with Gasteiger partial charge in [0.15, 0.2) is 0 Å². The zero-order valence-electron chi connectivity index (χ0n) is 17.2. The summed E-state index contributed by atoms with van der Waals surface area (Å²) in [4.78, 5) is 30.8. The van der Waals surface area contributed by atoms with E-state index >= 15 is 0 Å². The quantitative estimate of drug-likeness (QED) is 0.790. The van der Waals surface area contributed by atoms with Gasteiger partial charge in [-0.15, -0.1) is 0 Å². The summed E-state index contributed by atoms with van der Waals surface area (Å²) in [5.41, 5.74) is 2.30. The van der Waals surface area contributed by atoms with E-state index in [1.54, 1.807) is 4.90 Å². The summed E-state index contributed by atoms with van der Waals surface area (Å²) in [6, 6.07) is 8.60. The molecule has 0 bridgehead atoms. The number of aliphatic imine (C=N–C) groups is 1. The van der Waals surface area contributed by atoms with Crippen molar-refractivity contribution in [2.24, 2.45) is 16.8 Å². The Balaban J connectivity index is 0.000000318. The molecule has 0 radical (unpaired) electrons. The number of fused-ring (bicyclic) bond motifs is 2. The second-order valence-corrected chi connectivity index (χ2v) is 8.28. The summed E-state index contributed by atoms with van der Waals surface area (Å²) >= 11 is 0. The van der Waals surface area contributed by atoms with Crippen molar-refractivity contribution in [2.75, 3.05) is 20.1 Å². The first-order chi connectivity index (χ1) is 14.0. The molecule has 1 saturated carbocycles. The number of aryl methyl sites for hydroxylation is 1. The number of amidine groups is 1. The number of aliphatic carboxylic acids is 1. The summed E-state index contributed by atoms with van der Waals surface area (Å²) < 4.78 is 31.7. The van der Waals surface area contributed by atoms with E-state index in [9.17, 15) is 18.0 Å². The van der Waals surface area contributed by atoms with Crippen LogP contribution in [0.25, 0.3) is 0 Å². The van der Waals surface area contributed by atoms with Gasteiger partial charge in [-0.25, -0.2) is 4.79 Å². The van der Waals surface area contributed by atoms with Crippen LogP contribution in [0.1, 0.15) is 30.9 Å². The molecule has 1 aliphatic carbocycles. The zero-order chi connectivity index (χ0) is 22.3. The fourth-order valence-corrected chi connectivity index (χ4v) is 4.80. The standard InChI is InChI=1S/C19H25N3O.C2HF3O2/c1-13-6-4-5-7-15(13)10-22-11-16-8-9-19(17(16)12-22)18(23)21(3)14(2)20-19;3-2(4,5)1(6)7/h4-7,16-17H,8-12H2,1-3H3;(H,6,7)/t16-,17+,19-;/m1./s1. The van der Waals surface area contributed by atoms with Crippen LogP contribution in [-0.2, 0) is 16.1 Å². The molecule has 3 atom stereocenters. The third-order valence-electron chi connectivity index (χ3n) is 6.45. The van der Waals surface area contributed by atoms with Crippen molar-refractivity contribution in [3.05, 3.63) is 35.4 Å². The number of carbonyl (C=O) groups is 2. The molecule has 1 amide bonds. The second kappa shape index (κ2) is 8.02. The molecule has 0 unspecified atom stereocenters. The number of hydrogen-bond acceptors (Lipinski definition) is 4. The number of nitrogens with zero attached hydrogens (tertiary/aromatic N) is 3. The average Bonchev–Trinajstić information content (AvgIpc) is 3.28. The third-order valence-corrected chi connectivity index (χ3v) is 6.45. The maximum Gasteiger partial charge on any atom is 0.490 e. The Bertz CT molecular complexity index is 871. The van der Waals surface area contributed by atoms with E-state index in [1.165, 1.54) is 11.1 Å². The summed E-state index contributed by atoms with van der Waals surface area (Å²) in [5.74, 6) is -0.648. The van der Waals surface area contributed by atoms with Gasteiger partial charge in [0.05, 0.1) is 0 Å². The van der Waals surface area contributed by atoms with E-state index < -0.39 is 17.7 Å². The minimum atomic E-state index is -5.08. The predicted molar refractivity (Wildman–Crippen MR) is 105 cm³/mol. The number of carbonyl (C=O) groups excluding carboxylic acids is 1. The number of amides is 1. The second-order valence-electron chi connectivity index (χ2n) is 8.28. The van der Waals surface area contributed by atoms with Gasteiger partial charge in [0.1, 0.15) is 11.4 Å². The van der Waals surface area contributed by atoms with Crippen molar-refractivity contribution >= 4 is 17.7 Å². The Labute approximate surface area is 173 Å². The molecule has 2 heterocycles. The number of likely N-dealkylation sites (tertiary alicyclic amines) is 1. The SMILES string of the molecule is CC1=N[C@@]2(CC[C@@H]3CN(Cc4ccccc4C)C[C@@H]32)C(=O)N1C.O=C(O)C(F)(F)F. The maximum absolute atomic E-state index is 12.8. The first-order valence-electron chi connectivity index (χ1n) is 9.87. The molecule has 0 aromatic heterocycles. The highest BCUT2D eigenvalue weighted by atomic mass is 19.4. The molecule has 2 aliphatic heterocycles. The molecule has 1 saturated heterocycles. The monoisotopic (exact) mass is 425 g/mol. The summed E-state index contributed by atoms with van der Waals surface area (Å²) in [6.07, 6.45) is -3.02. The van der Waals surface area contributed by atoms with Crippen LogP contribution in [0.5, 0.6) is 0 Å². The molecule has 1 N–H and O–H groups in total. The lowest BCUT2D eigenvalue weighted by molar-refractivity contribution is -0.192. The summed E-state index contributed by atoms with van der Waals surface area (Å²) in [6.45, 7) is 7.22. The number of hydrogen-bond donors (Lipinski definition) is 1. The van der Waals surface area contributed by atoms with Gasteiger partial charge in [0, 0.05) is 32.6 Å². The molecular weight excluding hydrogens is 399 g/mol. The lowest BCUT2D eigenvalue weighted by atomic mass is 9.85. The molecule has 30 heavy (non-hydrogen) atoms. The largest absolute Gasteiger partial charge is 0.490 e. The number of alkyl halides is 3. The van der Waals surface area contributed by atoms with E-state index in [-0.39, 0.29) is 5.91 Å². The Morgan fingerprint density at radius 3 is 2.43 bits per heavy atom. The van der Waals surface area contributed by atoms with Crippen LogP contribution in [0.2, 0.25) is 0 Å². The summed E-state index contributed by atoms with van der Waals surface area (Å²) in [5, 5.41) is 7.12. The fourth-order valence-electron chi connectivity index (χ4n) is 4.80. The van der Waals surface area contributed by atoms with Crippen LogP contribution in [0.15, 0.2) is 29.3 Å². The molecule has 6 nitrogen and oxygen atoms in total. The Morgan fingerprint density at radius 2 is 1.90 bits per heavy atom. The lowest BCUT2D eigenvalue weighted by Crippen LogP contribution is -2.45. The van der Waals surface area contributed by atoms with Crippen molar-refractivity contribution < 1.29 is 27.9 Å². The highest BCUT2D eigenvalue weighted by Gasteiger charge is 2.60. The predicted octanol–water partition coefficient (Wildman–Crippen LogP) is 3.10. The lowest BCUT2D eigenvalue weighted by Gasteiger charge is -2.27. The minimum absolute atomic E-state index is 0.222. The van der Waals surface area contributed by atoms with Gasteiger partial charge in [-0.2, -0.15) is 13.2 Å². The minimum Gasteiger partial charge on any atom is -0.475 e. The highest BCUT2D eigenvalue weighted by molar-refractivity contribution is 6.07. The van der Waals surface area contributed by atoms with Gasteiger partial charge in [-0.1, -0.05) is 24.3 Å². The fraction of sp³-hybridized carbons (Fsp3) is 0.571. The Hall–Kier alpha value is -2.42. The van der Waals surface area contributed by atoms with E-state index in [0.29, 0.717) is 11.8 Å². The van der Waals surface area contributed by atoms with Crippen LogP contribution in [0.4, 0.5) is 13.2 Å². The molecule has 4 rings (SSSR count). The van der Waals surface area contributed by atoms with Gasteiger partial charge in [-0.3, -0.25) is 14.7 Å². The van der Waals surface area contributed by atoms with Crippen molar-refractivity contribution in [2.45, 2.75) is 44.9 Å². The number of benzene rings is 1. The van der Waals surface area contributed by atoms with Gasteiger partial charge >= 0.3 is 12.1 Å². The van der Waals surface area contributed by atoms with Crippen LogP contribution < -0.4 is 0 Å². The van der Waals surface area contributed by atoms with Crippen molar-refractivity contribution in [1.82, 2.24) is 9.80 Å². The highest BCUT2D eigenvalue weighted by Crippen LogP contribution is 2.50. The van der Waals surface area contributed by atoms with E-state index in [2.05, 4.69) is 36.1 Å². The molecular formula is C21H26F3N3O3. The van der Waals surface area contributed by atoms with Gasteiger partial charge < -0.3 is 10.0 Å². The Morgan fingerprint density at radius 1 is 1.27 bits per heavy atom. The first kappa shape index (κ1) is 22.3. The smallest absolute Gasteiger partial charge is 0.475 e. The number of carboxylic acids is 1. The molecule has 1 aromatic carbocycles. The normalized spacial score (nSPS) is 28.4.